The number of benzene rings is 1. The summed E-state index contributed by atoms with van der Waals surface area (Å²) in [4.78, 5) is 35.5. The van der Waals surface area contributed by atoms with E-state index in [0.717, 1.165) is 11.1 Å². The van der Waals surface area contributed by atoms with E-state index in [2.05, 4.69) is 20.4 Å². The van der Waals surface area contributed by atoms with Crippen molar-refractivity contribution in [1.29, 1.82) is 0 Å². The van der Waals surface area contributed by atoms with Crippen LogP contribution in [0.3, 0.4) is 0 Å². The molecule has 10 heteroatoms. The Morgan fingerprint density at radius 1 is 1.18 bits per heavy atom. The van der Waals surface area contributed by atoms with Gasteiger partial charge in [-0.1, -0.05) is 0 Å². The van der Waals surface area contributed by atoms with Crippen molar-refractivity contribution in [1.82, 2.24) is 30.0 Å². The molecule has 2 aromatic heterocycles. The number of nitrogens with one attached hydrogen (secondary N) is 1. The maximum Gasteiger partial charge on any atom is 0.254 e. The normalized spacial score (nSPS) is 15.1. The van der Waals surface area contributed by atoms with Crippen LogP contribution in [0, 0.1) is 12.7 Å². The molecule has 0 aliphatic carbocycles. The average molecular weight is 455 g/mol. The summed E-state index contributed by atoms with van der Waals surface area (Å²) in [6.45, 7) is 6.42. The lowest BCUT2D eigenvalue weighted by Gasteiger charge is -2.36. The van der Waals surface area contributed by atoms with Crippen LogP contribution < -0.4 is 5.32 Å². The highest BCUT2D eigenvalue weighted by atomic mass is 19.1. The summed E-state index contributed by atoms with van der Waals surface area (Å²) in [5.74, 6) is -0.461. The maximum atomic E-state index is 13.7. The van der Waals surface area contributed by atoms with Gasteiger partial charge in [0.05, 0.1) is 16.8 Å². The lowest BCUT2D eigenvalue weighted by molar-refractivity contribution is -0.152. The summed E-state index contributed by atoms with van der Waals surface area (Å²) >= 11 is 0. The number of likely N-dealkylation sites (tertiary alicyclic amines) is 1. The summed E-state index contributed by atoms with van der Waals surface area (Å²) < 4.78 is 20.5. The Kier molecular flexibility index (Phi) is 6.11. The van der Waals surface area contributed by atoms with Gasteiger partial charge in [-0.25, -0.2) is 14.4 Å². The summed E-state index contributed by atoms with van der Waals surface area (Å²) in [5, 5.41) is 8.19. The number of hydrogen-bond donors (Lipinski definition) is 1. The smallest absolute Gasteiger partial charge is 0.254 e. The largest absolute Gasteiger partial charge is 0.369 e. The molecule has 1 aliphatic heterocycles. The van der Waals surface area contributed by atoms with E-state index in [1.807, 2.05) is 6.92 Å². The lowest BCUT2D eigenvalue weighted by atomic mass is 10.0. The Hall–Kier alpha value is -3.40. The Bertz CT molecular complexity index is 1180. The monoisotopic (exact) mass is 454 g/mol. The molecule has 1 N–H and O–H groups in total. The number of methoxy groups -OCH3 is 1. The predicted molar refractivity (Wildman–Crippen MR) is 120 cm³/mol. The van der Waals surface area contributed by atoms with Crippen molar-refractivity contribution < 1.29 is 18.7 Å². The Morgan fingerprint density at radius 2 is 1.85 bits per heavy atom. The van der Waals surface area contributed by atoms with Gasteiger partial charge in [-0.3, -0.25) is 9.59 Å². The second-order valence-corrected chi connectivity index (χ2v) is 8.68. The highest BCUT2D eigenvalue weighted by Crippen LogP contribution is 2.21. The van der Waals surface area contributed by atoms with E-state index in [-0.39, 0.29) is 29.6 Å². The number of piperidine rings is 1. The number of aryl methyl sites for hydroxylation is 1. The maximum absolute atomic E-state index is 13.7. The number of halogens is 1. The molecule has 33 heavy (non-hydrogen) atoms. The molecule has 1 saturated heterocycles. The zero-order valence-electron chi connectivity index (χ0n) is 19.1. The van der Waals surface area contributed by atoms with E-state index < -0.39 is 5.60 Å². The van der Waals surface area contributed by atoms with E-state index >= 15 is 0 Å². The minimum Gasteiger partial charge on any atom is -0.369 e. The second kappa shape index (κ2) is 8.86. The van der Waals surface area contributed by atoms with Crippen LogP contribution in [0.25, 0.3) is 16.9 Å². The quantitative estimate of drug-likeness (QED) is 0.635. The summed E-state index contributed by atoms with van der Waals surface area (Å²) in [6.07, 6.45) is 4.17. The number of carbonyl (C=O) groups is 2. The Balaban J connectivity index is 1.40. The number of nitrogens with zero attached hydrogens (tertiary/aromatic N) is 5. The van der Waals surface area contributed by atoms with Crippen LogP contribution in [0.2, 0.25) is 0 Å². The number of carbonyl (C=O) groups excluding carboxylic acids is 2. The van der Waals surface area contributed by atoms with Crippen LogP contribution in [0.4, 0.5) is 4.39 Å². The SMILES string of the molecule is COC(C)(C)C(=O)N1CCC(NC(=O)c2cnc(-n3nc(C)c4ccc(F)cc43)nc2)CC1. The number of fused-ring (bicyclic) bond motifs is 1. The molecule has 9 nitrogen and oxygen atoms in total. The van der Waals surface area contributed by atoms with Crippen LogP contribution in [0.5, 0.6) is 0 Å². The Labute approximate surface area is 191 Å². The van der Waals surface area contributed by atoms with Gasteiger partial charge in [0, 0.05) is 50.1 Å². The first kappa shape index (κ1) is 22.8. The molecule has 0 saturated carbocycles. The summed E-state index contributed by atoms with van der Waals surface area (Å²) in [5.41, 5.74) is 0.744. The molecule has 3 aromatic rings. The lowest BCUT2D eigenvalue weighted by Crippen LogP contribution is -2.52. The topological polar surface area (TPSA) is 102 Å². The third-order valence-corrected chi connectivity index (χ3v) is 6.06. The van der Waals surface area contributed by atoms with E-state index in [0.29, 0.717) is 37.0 Å². The average Bonchev–Trinajstić information content (AvgIpc) is 3.14. The molecule has 0 spiro atoms. The molecule has 4 rings (SSSR count). The van der Waals surface area contributed by atoms with Crippen LogP contribution in [-0.4, -0.2) is 68.3 Å². The van der Waals surface area contributed by atoms with Crippen LogP contribution >= 0.6 is 0 Å². The van der Waals surface area contributed by atoms with E-state index in [1.165, 1.54) is 36.3 Å². The van der Waals surface area contributed by atoms with Gasteiger partial charge in [0.25, 0.3) is 17.8 Å². The number of ether oxygens (including phenoxy) is 1. The molecule has 1 fully saturated rings. The molecule has 1 aromatic carbocycles. The molecule has 2 amide bonds. The summed E-state index contributed by atoms with van der Waals surface area (Å²) in [6, 6.07) is 4.38. The van der Waals surface area contributed by atoms with Gasteiger partial charge in [-0.15, -0.1) is 0 Å². The third kappa shape index (κ3) is 4.56. The number of rotatable bonds is 5. The Morgan fingerprint density at radius 3 is 2.48 bits per heavy atom. The fourth-order valence-electron chi connectivity index (χ4n) is 3.91. The van der Waals surface area contributed by atoms with E-state index in [9.17, 15) is 14.0 Å². The van der Waals surface area contributed by atoms with Crippen molar-refractivity contribution in [3.05, 3.63) is 47.7 Å². The van der Waals surface area contributed by atoms with Crippen molar-refractivity contribution >= 4 is 22.7 Å². The molecular weight excluding hydrogens is 427 g/mol. The molecule has 3 heterocycles. The third-order valence-electron chi connectivity index (χ3n) is 6.06. The molecule has 0 atom stereocenters. The van der Waals surface area contributed by atoms with Gasteiger partial charge < -0.3 is 15.0 Å². The molecule has 0 bridgehead atoms. The first-order valence-corrected chi connectivity index (χ1v) is 10.8. The van der Waals surface area contributed by atoms with Crippen molar-refractivity contribution in [2.24, 2.45) is 0 Å². The second-order valence-electron chi connectivity index (χ2n) is 8.68. The first-order chi connectivity index (χ1) is 15.7. The summed E-state index contributed by atoms with van der Waals surface area (Å²) in [7, 11) is 1.52. The minimum atomic E-state index is -0.862. The van der Waals surface area contributed by atoms with E-state index in [4.69, 9.17) is 4.74 Å². The molecule has 1 aliphatic rings. The highest BCUT2D eigenvalue weighted by molar-refractivity contribution is 5.94. The van der Waals surface area contributed by atoms with Gasteiger partial charge >= 0.3 is 0 Å². The van der Waals surface area contributed by atoms with Crippen molar-refractivity contribution in [2.75, 3.05) is 20.2 Å². The molecular formula is C23H27FN6O3. The number of amides is 2. The van der Waals surface area contributed by atoms with Gasteiger partial charge in [0.15, 0.2) is 0 Å². The molecule has 174 valence electrons. The number of hydrogen-bond acceptors (Lipinski definition) is 6. The fourth-order valence-corrected chi connectivity index (χ4v) is 3.91. The standard InChI is InChI=1S/C23H27FN6O3/c1-14-18-6-5-16(24)11-19(18)30(28-14)22-25-12-15(13-26-22)20(31)27-17-7-9-29(10-8-17)21(32)23(2,3)33-4/h5-6,11-13,17H,7-10H2,1-4H3,(H,27,31). The van der Waals surface area contributed by atoms with Crippen LogP contribution in [-0.2, 0) is 9.53 Å². The van der Waals surface area contributed by atoms with E-state index in [1.54, 1.807) is 24.8 Å². The minimum absolute atomic E-state index is 0.0485. The molecule has 0 unspecified atom stereocenters. The number of aromatic nitrogens is 4. The van der Waals surface area contributed by atoms with Crippen molar-refractivity contribution in [3.63, 3.8) is 0 Å². The van der Waals surface area contributed by atoms with Gasteiger partial charge in [-0.2, -0.15) is 9.78 Å². The van der Waals surface area contributed by atoms with Crippen LogP contribution in [0.1, 0.15) is 42.7 Å². The first-order valence-electron chi connectivity index (χ1n) is 10.8. The molecule has 0 radical (unpaired) electrons. The van der Waals surface area contributed by atoms with Crippen molar-refractivity contribution in [2.45, 2.75) is 45.3 Å². The van der Waals surface area contributed by atoms with Gasteiger partial charge in [0.2, 0.25) is 0 Å². The highest BCUT2D eigenvalue weighted by Gasteiger charge is 2.34. The fraction of sp³-hybridized carbons (Fsp3) is 0.435. The zero-order chi connectivity index (χ0) is 23.8. The predicted octanol–water partition coefficient (Wildman–Crippen LogP) is 2.41. The van der Waals surface area contributed by atoms with Crippen molar-refractivity contribution in [3.8, 4) is 5.95 Å². The van der Waals surface area contributed by atoms with Gasteiger partial charge in [0.1, 0.15) is 11.4 Å². The van der Waals surface area contributed by atoms with Gasteiger partial charge in [-0.05, 0) is 45.7 Å². The zero-order valence-corrected chi connectivity index (χ0v) is 19.1. The van der Waals surface area contributed by atoms with Crippen LogP contribution in [0.15, 0.2) is 30.6 Å².